The first-order valence-electron chi connectivity index (χ1n) is 8.90. The maximum absolute atomic E-state index is 12.5. The quantitative estimate of drug-likeness (QED) is 0.762. The molecule has 0 atom stereocenters. The number of nitrogens with zero attached hydrogens (tertiary/aromatic N) is 3. The van der Waals surface area contributed by atoms with Crippen molar-refractivity contribution in [2.75, 3.05) is 25.9 Å². The Hall–Kier alpha value is -2.39. The summed E-state index contributed by atoms with van der Waals surface area (Å²) in [6, 6.07) is 8.94. The summed E-state index contributed by atoms with van der Waals surface area (Å²) in [4.78, 5) is 12.5. The fraction of sp³-hybridized carbons (Fsp3) is 0.444. The molecule has 2 heterocycles. The summed E-state index contributed by atoms with van der Waals surface area (Å²) in [7, 11) is -3.17. The molecule has 1 saturated heterocycles. The van der Waals surface area contributed by atoms with Gasteiger partial charge in [0, 0.05) is 32.0 Å². The van der Waals surface area contributed by atoms with Gasteiger partial charge in [0.15, 0.2) is 0 Å². The van der Waals surface area contributed by atoms with Gasteiger partial charge in [0.2, 0.25) is 10.0 Å². The molecule has 146 valence electrons. The van der Waals surface area contributed by atoms with Crippen LogP contribution >= 0.6 is 0 Å². The number of benzene rings is 1. The van der Waals surface area contributed by atoms with E-state index in [0.29, 0.717) is 50.3 Å². The van der Waals surface area contributed by atoms with E-state index in [1.165, 1.54) is 10.6 Å². The van der Waals surface area contributed by atoms with E-state index < -0.39 is 10.0 Å². The SMILES string of the molecule is CS(=O)(=O)N1CCC(Oc2ccccc2C(=O)NCCn2cccn2)CC1. The van der Waals surface area contributed by atoms with E-state index in [1.54, 1.807) is 29.1 Å². The molecule has 0 saturated carbocycles. The molecule has 0 aliphatic carbocycles. The van der Waals surface area contributed by atoms with Gasteiger partial charge in [0.1, 0.15) is 11.9 Å². The number of ether oxygens (including phenoxy) is 1. The van der Waals surface area contributed by atoms with Crippen molar-refractivity contribution in [3.63, 3.8) is 0 Å². The van der Waals surface area contributed by atoms with Gasteiger partial charge in [-0.3, -0.25) is 9.48 Å². The van der Waals surface area contributed by atoms with E-state index in [1.807, 2.05) is 18.3 Å². The predicted molar refractivity (Wildman–Crippen MR) is 101 cm³/mol. The Morgan fingerprint density at radius 2 is 2.00 bits per heavy atom. The summed E-state index contributed by atoms with van der Waals surface area (Å²) < 4.78 is 32.4. The maximum Gasteiger partial charge on any atom is 0.255 e. The van der Waals surface area contributed by atoms with Crippen molar-refractivity contribution in [2.45, 2.75) is 25.5 Å². The average Bonchev–Trinajstić information content (AvgIpc) is 3.15. The van der Waals surface area contributed by atoms with Gasteiger partial charge >= 0.3 is 0 Å². The number of hydrogen-bond donors (Lipinski definition) is 1. The molecule has 1 N–H and O–H groups in total. The Morgan fingerprint density at radius 1 is 1.26 bits per heavy atom. The second-order valence-corrected chi connectivity index (χ2v) is 8.48. The van der Waals surface area contributed by atoms with Crippen molar-refractivity contribution >= 4 is 15.9 Å². The molecule has 2 aromatic rings. The number of amides is 1. The highest BCUT2D eigenvalue weighted by atomic mass is 32.2. The molecule has 0 bridgehead atoms. The summed E-state index contributed by atoms with van der Waals surface area (Å²) in [5.41, 5.74) is 0.475. The second kappa shape index (κ2) is 8.53. The summed E-state index contributed by atoms with van der Waals surface area (Å²) in [6.45, 7) is 1.91. The third kappa shape index (κ3) is 5.30. The molecule has 8 nitrogen and oxygen atoms in total. The van der Waals surface area contributed by atoms with E-state index in [4.69, 9.17) is 4.74 Å². The van der Waals surface area contributed by atoms with Gasteiger partial charge < -0.3 is 10.1 Å². The lowest BCUT2D eigenvalue weighted by Gasteiger charge is -2.30. The molecule has 1 aromatic carbocycles. The molecule has 1 aromatic heterocycles. The molecule has 27 heavy (non-hydrogen) atoms. The van der Waals surface area contributed by atoms with Crippen molar-refractivity contribution < 1.29 is 17.9 Å². The van der Waals surface area contributed by atoms with Crippen molar-refractivity contribution in [1.82, 2.24) is 19.4 Å². The number of nitrogens with one attached hydrogen (secondary N) is 1. The Kier molecular flexibility index (Phi) is 6.12. The van der Waals surface area contributed by atoms with Crippen LogP contribution in [-0.4, -0.2) is 60.4 Å². The van der Waals surface area contributed by atoms with Crippen LogP contribution in [0.3, 0.4) is 0 Å². The van der Waals surface area contributed by atoms with Crippen LogP contribution in [0.1, 0.15) is 23.2 Å². The Morgan fingerprint density at radius 3 is 2.67 bits per heavy atom. The lowest BCUT2D eigenvalue weighted by molar-refractivity contribution is 0.0937. The number of piperidine rings is 1. The first-order chi connectivity index (χ1) is 12.9. The van der Waals surface area contributed by atoms with Crippen LogP contribution in [0.25, 0.3) is 0 Å². The summed E-state index contributed by atoms with van der Waals surface area (Å²) >= 11 is 0. The van der Waals surface area contributed by atoms with E-state index in [-0.39, 0.29) is 12.0 Å². The van der Waals surface area contributed by atoms with E-state index in [9.17, 15) is 13.2 Å². The Bertz CT molecular complexity index is 859. The third-order valence-corrected chi connectivity index (χ3v) is 5.78. The highest BCUT2D eigenvalue weighted by Crippen LogP contribution is 2.23. The topological polar surface area (TPSA) is 93.5 Å². The molecular weight excluding hydrogens is 368 g/mol. The van der Waals surface area contributed by atoms with Gasteiger partial charge in [-0.2, -0.15) is 5.10 Å². The Balaban J connectivity index is 1.56. The summed E-state index contributed by atoms with van der Waals surface area (Å²) in [5.74, 6) is 0.318. The second-order valence-electron chi connectivity index (χ2n) is 6.50. The fourth-order valence-electron chi connectivity index (χ4n) is 3.03. The zero-order valence-corrected chi connectivity index (χ0v) is 16.1. The highest BCUT2D eigenvalue weighted by Gasteiger charge is 2.26. The molecule has 0 unspecified atom stereocenters. The molecule has 0 spiro atoms. The third-order valence-electron chi connectivity index (χ3n) is 4.48. The zero-order chi connectivity index (χ0) is 19.3. The molecular formula is C18H24N4O4S. The van der Waals surface area contributed by atoms with Crippen LogP contribution in [0.15, 0.2) is 42.7 Å². The van der Waals surface area contributed by atoms with Gasteiger partial charge in [-0.1, -0.05) is 12.1 Å². The zero-order valence-electron chi connectivity index (χ0n) is 15.2. The minimum absolute atomic E-state index is 0.110. The van der Waals surface area contributed by atoms with Crippen LogP contribution < -0.4 is 10.1 Å². The molecule has 0 radical (unpaired) electrons. The van der Waals surface area contributed by atoms with Crippen molar-refractivity contribution in [2.24, 2.45) is 0 Å². The van der Waals surface area contributed by atoms with E-state index in [2.05, 4.69) is 10.4 Å². The first kappa shape index (κ1) is 19.4. The molecule has 1 fully saturated rings. The van der Waals surface area contributed by atoms with Crippen LogP contribution in [0.4, 0.5) is 0 Å². The minimum atomic E-state index is -3.17. The highest BCUT2D eigenvalue weighted by molar-refractivity contribution is 7.88. The van der Waals surface area contributed by atoms with Gasteiger partial charge in [-0.05, 0) is 31.0 Å². The van der Waals surface area contributed by atoms with Crippen molar-refractivity contribution in [3.05, 3.63) is 48.3 Å². The molecule has 9 heteroatoms. The number of hydrogen-bond acceptors (Lipinski definition) is 5. The molecule has 1 amide bonds. The minimum Gasteiger partial charge on any atom is -0.489 e. The number of carbonyl (C=O) groups is 1. The Labute approximate surface area is 159 Å². The van der Waals surface area contributed by atoms with Gasteiger partial charge in [0.25, 0.3) is 5.91 Å². The molecule has 1 aliphatic heterocycles. The normalized spacial score (nSPS) is 16.2. The van der Waals surface area contributed by atoms with Crippen LogP contribution in [-0.2, 0) is 16.6 Å². The summed E-state index contributed by atoms with van der Waals surface area (Å²) in [6.07, 6.45) is 5.84. The van der Waals surface area contributed by atoms with E-state index in [0.717, 1.165) is 0 Å². The molecule has 3 rings (SSSR count). The number of aromatic nitrogens is 2. The number of carbonyl (C=O) groups excluding carboxylic acids is 1. The largest absolute Gasteiger partial charge is 0.489 e. The van der Waals surface area contributed by atoms with Crippen LogP contribution in [0, 0.1) is 0 Å². The van der Waals surface area contributed by atoms with Gasteiger partial charge in [-0.15, -0.1) is 0 Å². The molecule has 1 aliphatic rings. The number of para-hydroxylation sites is 1. The lowest BCUT2D eigenvalue weighted by atomic mass is 10.1. The average molecular weight is 392 g/mol. The number of sulfonamides is 1. The monoisotopic (exact) mass is 392 g/mol. The number of rotatable bonds is 7. The van der Waals surface area contributed by atoms with Gasteiger partial charge in [-0.25, -0.2) is 12.7 Å². The predicted octanol–water partition coefficient (Wildman–Crippen LogP) is 1.12. The standard InChI is InChI=1S/C18H24N4O4S/c1-27(24,25)22-12-7-15(8-13-22)26-17-6-3-2-5-16(17)18(23)19-10-14-21-11-4-9-20-21/h2-6,9,11,15H,7-8,10,12-14H2,1H3,(H,19,23). The van der Waals surface area contributed by atoms with Crippen LogP contribution in [0.5, 0.6) is 5.75 Å². The maximum atomic E-state index is 12.5. The first-order valence-corrected chi connectivity index (χ1v) is 10.7. The van der Waals surface area contributed by atoms with Crippen molar-refractivity contribution in [1.29, 1.82) is 0 Å². The smallest absolute Gasteiger partial charge is 0.255 e. The fourth-order valence-corrected chi connectivity index (χ4v) is 3.90. The van der Waals surface area contributed by atoms with Gasteiger partial charge in [0.05, 0.1) is 18.4 Å². The summed E-state index contributed by atoms with van der Waals surface area (Å²) in [5, 5.41) is 6.97. The van der Waals surface area contributed by atoms with Crippen molar-refractivity contribution in [3.8, 4) is 5.75 Å². The lowest BCUT2D eigenvalue weighted by Crippen LogP contribution is -2.41. The van der Waals surface area contributed by atoms with E-state index >= 15 is 0 Å². The van der Waals surface area contributed by atoms with Crippen LogP contribution in [0.2, 0.25) is 0 Å².